The molecule has 0 aliphatic carbocycles. The van der Waals surface area contributed by atoms with E-state index in [4.69, 9.17) is 25.8 Å². The Morgan fingerprint density at radius 2 is 2.00 bits per heavy atom. The largest absolute Gasteiger partial charge is 0.493 e. The van der Waals surface area contributed by atoms with Crippen LogP contribution in [0.15, 0.2) is 23.6 Å². The molecule has 0 atom stereocenters. The van der Waals surface area contributed by atoms with Gasteiger partial charge in [0.2, 0.25) is 5.75 Å². The maximum atomic E-state index is 5.71. The minimum absolute atomic E-state index is 0.380. The quantitative estimate of drug-likeness (QED) is 0.766. The molecule has 0 fully saturated rings. The highest BCUT2D eigenvalue weighted by atomic mass is 35.5. The van der Waals surface area contributed by atoms with E-state index in [0.29, 0.717) is 29.7 Å². The summed E-state index contributed by atoms with van der Waals surface area (Å²) in [7, 11) is 3.18. The fourth-order valence-corrected chi connectivity index (χ4v) is 2.52. The fourth-order valence-electron chi connectivity index (χ4n) is 1.59. The molecular formula is C13H14ClNO3S. The number of hydrogen-bond acceptors (Lipinski definition) is 5. The Bertz CT molecular complexity index is 544. The first kappa shape index (κ1) is 14.0. The van der Waals surface area contributed by atoms with E-state index in [-0.39, 0.29) is 0 Å². The topological polar surface area (TPSA) is 40.6 Å². The van der Waals surface area contributed by atoms with Gasteiger partial charge in [-0.15, -0.1) is 22.9 Å². The molecule has 6 heteroatoms. The van der Waals surface area contributed by atoms with Gasteiger partial charge in [-0.05, 0) is 12.1 Å². The molecule has 0 radical (unpaired) electrons. The Morgan fingerprint density at radius 1 is 1.21 bits per heavy atom. The number of aromatic nitrogens is 1. The fraction of sp³-hybridized carbons (Fsp3) is 0.308. The van der Waals surface area contributed by atoms with Gasteiger partial charge < -0.3 is 14.2 Å². The lowest BCUT2D eigenvalue weighted by Crippen LogP contribution is -1.99. The van der Waals surface area contributed by atoms with Crippen molar-refractivity contribution in [2.45, 2.75) is 12.5 Å². The van der Waals surface area contributed by atoms with Gasteiger partial charge in [0.15, 0.2) is 11.5 Å². The molecule has 0 aliphatic rings. The number of hydrogen-bond donors (Lipinski definition) is 0. The molecule has 0 saturated carbocycles. The lowest BCUT2D eigenvalue weighted by atomic mass is 10.3. The lowest BCUT2D eigenvalue weighted by Gasteiger charge is -2.12. The Balaban J connectivity index is 2.10. The van der Waals surface area contributed by atoms with Crippen molar-refractivity contribution in [2.75, 3.05) is 14.2 Å². The molecule has 0 spiro atoms. The number of ether oxygens (including phenoxy) is 3. The number of nitrogens with zero attached hydrogens (tertiary/aromatic N) is 1. The molecule has 0 saturated heterocycles. The zero-order valence-electron chi connectivity index (χ0n) is 10.7. The zero-order chi connectivity index (χ0) is 13.7. The molecule has 2 rings (SSSR count). The summed E-state index contributed by atoms with van der Waals surface area (Å²) in [5.41, 5.74) is 0.864. The summed E-state index contributed by atoms with van der Waals surface area (Å²) >= 11 is 7.24. The second kappa shape index (κ2) is 6.63. The minimum Gasteiger partial charge on any atom is -0.493 e. The molecule has 1 heterocycles. The van der Waals surface area contributed by atoms with Crippen molar-refractivity contribution in [3.8, 4) is 17.2 Å². The highest BCUT2D eigenvalue weighted by molar-refractivity contribution is 7.09. The monoisotopic (exact) mass is 299 g/mol. The summed E-state index contributed by atoms with van der Waals surface area (Å²) in [6, 6.07) is 5.50. The molecule has 0 amide bonds. The van der Waals surface area contributed by atoms with E-state index in [2.05, 4.69) is 4.98 Å². The Labute approximate surface area is 120 Å². The van der Waals surface area contributed by atoms with Crippen molar-refractivity contribution in [3.05, 3.63) is 34.3 Å². The predicted octanol–water partition coefficient (Wildman–Crippen LogP) is 3.48. The van der Waals surface area contributed by atoms with Crippen molar-refractivity contribution >= 4 is 22.9 Å². The number of alkyl halides is 1. The maximum absolute atomic E-state index is 5.71. The van der Waals surface area contributed by atoms with Crippen LogP contribution >= 0.6 is 22.9 Å². The van der Waals surface area contributed by atoms with Crippen molar-refractivity contribution in [3.63, 3.8) is 0 Å². The average molecular weight is 300 g/mol. The summed E-state index contributed by atoms with van der Waals surface area (Å²) in [4.78, 5) is 4.33. The minimum atomic E-state index is 0.380. The summed E-state index contributed by atoms with van der Waals surface area (Å²) in [6.45, 7) is 0.380. The third kappa shape index (κ3) is 3.30. The SMILES string of the molecule is COc1cccc(OCc2nc(CCl)cs2)c1OC. The molecule has 1 aromatic carbocycles. The van der Waals surface area contributed by atoms with Gasteiger partial charge in [-0.25, -0.2) is 4.98 Å². The van der Waals surface area contributed by atoms with E-state index in [1.807, 2.05) is 23.6 Å². The van der Waals surface area contributed by atoms with Crippen molar-refractivity contribution < 1.29 is 14.2 Å². The predicted molar refractivity (Wildman–Crippen MR) is 75.5 cm³/mol. The summed E-state index contributed by atoms with van der Waals surface area (Å²) in [5, 5.41) is 2.80. The van der Waals surface area contributed by atoms with Crippen molar-refractivity contribution in [1.82, 2.24) is 4.98 Å². The molecule has 19 heavy (non-hydrogen) atoms. The van der Waals surface area contributed by atoms with Crippen LogP contribution in [0.25, 0.3) is 0 Å². The maximum Gasteiger partial charge on any atom is 0.203 e. The van der Waals surface area contributed by atoms with E-state index >= 15 is 0 Å². The average Bonchev–Trinajstić information content (AvgIpc) is 2.92. The second-order valence-corrected chi connectivity index (χ2v) is 4.86. The molecule has 0 N–H and O–H groups in total. The van der Waals surface area contributed by atoms with Crippen molar-refractivity contribution in [2.24, 2.45) is 0 Å². The molecule has 102 valence electrons. The Kier molecular flexibility index (Phi) is 4.87. The van der Waals surface area contributed by atoms with Gasteiger partial charge in [-0.1, -0.05) is 6.07 Å². The first-order valence-corrected chi connectivity index (χ1v) is 7.03. The first-order valence-electron chi connectivity index (χ1n) is 5.61. The van der Waals surface area contributed by atoms with E-state index in [1.54, 1.807) is 14.2 Å². The van der Waals surface area contributed by atoms with Crippen molar-refractivity contribution in [1.29, 1.82) is 0 Å². The molecule has 1 aromatic heterocycles. The third-order valence-corrected chi connectivity index (χ3v) is 3.60. The summed E-state index contributed by atoms with van der Waals surface area (Å²) in [6.07, 6.45) is 0. The van der Waals surface area contributed by atoms with Gasteiger partial charge >= 0.3 is 0 Å². The van der Waals surface area contributed by atoms with Crippen LogP contribution < -0.4 is 14.2 Å². The van der Waals surface area contributed by atoms with Crippen LogP contribution in [-0.2, 0) is 12.5 Å². The van der Waals surface area contributed by atoms with Gasteiger partial charge in [-0.2, -0.15) is 0 Å². The number of methoxy groups -OCH3 is 2. The molecule has 4 nitrogen and oxygen atoms in total. The molecule has 0 aliphatic heterocycles. The van der Waals surface area contributed by atoms with Crippen LogP contribution in [0.1, 0.15) is 10.7 Å². The number of para-hydroxylation sites is 1. The number of halogens is 1. The van der Waals surface area contributed by atoms with Gasteiger partial charge in [-0.3, -0.25) is 0 Å². The van der Waals surface area contributed by atoms with E-state index in [1.165, 1.54) is 11.3 Å². The highest BCUT2D eigenvalue weighted by Crippen LogP contribution is 2.37. The van der Waals surface area contributed by atoms with Gasteiger partial charge in [0.25, 0.3) is 0 Å². The van der Waals surface area contributed by atoms with Gasteiger partial charge in [0.05, 0.1) is 25.8 Å². The van der Waals surface area contributed by atoms with Gasteiger partial charge in [0, 0.05) is 5.38 Å². The van der Waals surface area contributed by atoms with Crippen LogP contribution in [0, 0.1) is 0 Å². The highest BCUT2D eigenvalue weighted by Gasteiger charge is 2.11. The van der Waals surface area contributed by atoms with E-state index in [0.717, 1.165) is 10.7 Å². The number of thiazole rings is 1. The van der Waals surface area contributed by atoms with E-state index in [9.17, 15) is 0 Å². The zero-order valence-corrected chi connectivity index (χ0v) is 12.3. The first-order chi connectivity index (χ1) is 9.28. The second-order valence-electron chi connectivity index (χ2n) is 3.65. The Morgan fingerprint density at radius 3 is 2.63 bits per heavy atom. The van der Waals surface area contributed by atoms with Gasteiger partial charge in [0.1, 0.15) is 11.6 Å². The molecule has 0 unspecified atom stereocenters. The summed E-state index contributed by atoms with van der Waals surface area (Å²) in [5.74, 6) is 2.27. The lowest BCUT2D eigenvalue weighted by molar-refractivity contribution is 0.275. The van der Waals surface area contributed by atoms with Crippen LogP contribution in [0.4, 0.5) is 0 Å². The van der Waals surface area contributed by atoms with Crippen LogP contribution in [-0.4, -0.2) is 19.2 Å². The molecule has 0 bridgehead atoms. The number of rotatable bonds is 6. The third-order valence-electron chi connectivity index (χ3n) is 2.45. The standard InChI is InChI=1S/C13H14ClNO3S/c1-16-10-4-3-5-11(13(10)17-2)18-7-12-15-9(6-14)8-19-12/h3-5,8H,6-7H2,1-2H3. The smallest absolute Gasteiger partial charge is 0.203 e. The van der Waals surface area contributed by atoms with E-state index < -0.39 is 0 Å². The molecule has 2 aromatic rings. The summed E-state index contributed by atoms with van der Waals surface area (Å²) < 4.78 is 16.2. The van der Waals surface area contributed by atoms with Crippen LogP contribution in [0.3, 0.4) is 0 Å². The normalized spacial score (nSPS) is 10.3. The van der Waals surface area contributed by atoms with Crippen LogP contribution in [0.5, 0.6) is 17.2 Å². The number of benzene rings is 1. The van der Waals surface area contributed by atoms with Crippen LogP contribution in [0.2, 0.25) is 0 Å². The molecular weight excluding hydrogens is 286 g/mol. The Hall–Kier alpha value is -1.46.